The molecule has 0 radical (unpaired) electrons. The lowest BCUT2D eigenvalue weighted by molar-refractivity contribution is 0.198. The fourth-order valence-corrected chi connectivity index (χ4v) is 2.99. The first-order chi connectivity index (χ1) is 10.2. The zero-order valence-corrected chi connectivity index (χ0v) is 13.5. The van der Waals surface area contributed by atoms with Crippen molar-refractivity contribution in [3.63, 3.8) is 0 Å². The third kappa shape index (κ3) is 5.01. The van der Waals surface area contributed by atoms with Crippen LogP contribution in [-0.4, -0.2) is 29.7 Å². The standard InChI is InChI=1S/C18H29NO2/c1-3-21-18-10-9-16(15(2)20)13-17(18)14-19-11-7-5-4-6-8-12-19/h9-10,13,15,20H,3-8,11-12,14H2,1-2H3. The smallest absolute Gasteiger partial charge is 0.123 e. The molecule has 0 aliphatic carbocycles. The van der Waals surface area contributed by atoms with Crippen molar-refractivity contribution in [2.45, 2.75) is 58.6 Å². The minimum atomic E-state index is -0.424. The summed E-state index contributed by atoms with van der Waals surface area (Å²) in [6.45, 7) is 7.78. The molecule has 0 spiro atoms. The number of benzene rings is 1. The fraction of sp³-hybridized carbons (Fsp3) is 0.667. The summed E-state index contributed by atoms with van der Waals surface area (Å²) in [6.07, 6.45) is 6.24. The number of hydrogen-bond donors (Lipinski definition) is 1. The molecule has 2 rings (SSSR count). The SMILES string of the molecule is CCOc1ccc(C(C)O)cc1CN1CCCCCCC1. The molecule has 118 valence electrons. The van der Waals surface area contributed by atoms with E-state index in [-0.39, 0.29) is 0 Å². The van der Waals surface area contributed by atoms with Crippen LogP contribution in [0, 0.1) is 0 Å². The van der Waals surface area contributed by atoms with Gasteiger partial charge >= 0.3 is 0 Å². The Morgan fingerprint density at radius 3 is 2.43 bits per heavy atom. The van der Waals surface area contributed by atoms with E-state index in [1.165, 1.54) is 50.8 Å². The summed E-state index contributed by atoms with van der Waals surface area (Å²) in [7, 11) is 0. The summed E-state index contributed by atoms with van der Waals surface area (Å²) >= 11 is 0. The van der Waals surface area contributed by atoms with Crippen LogP contribution in [0.15, 0.2) is 18.2 Å². The van der Waals surface area contributed by atoms with Crippen molar-refractivity contribution in [1.82, 2.24) is 4.90 Å². The molecule has 0 aromatic heterocycles. The highest BCUT2D eigenvalue weighted by Gasteiger charge is 2.13. The van der Waals surface area contributed by atoms with Gasteiger partial charge in [0, 0.05) is 12.1 Å². The Labute approximate surface area is 128 Å². The summed E-state index contributed by atoms with van der Waals surface area (Å²) in [5, 5.41) is 9.80. The number of ether oxygens (including phenoxy) is 1. The van der Waals surface area contributed by atoms with Gasteiger partial charge in [0.25, 0.3) is 0 Å². The van der Waals surface area contributed by atoms with Gasteiger partial charge < -0.3 is 9.84 Å². The Morgan fingerprint density at radius 1 is 1.14 bits per heavy atom. The summed E-state index contributed by atoms with van der Waals surface area (Å²) in [5.74, 6) is 0.962. The molecule has 0 saturated carbocycles. The molecule has 1 aromatic carbocycles. The van der Waals surface area contributed by atoms with Gasteiger partial charge in [-0.25, -0.2) is 0 Å². The van der Waals surface area contributed by atoms with Crippen LogP contribution in [0.2, 0.25) is 0 Å². The van der Waals surface area contributed by atoms with Crippen molar-refractivity contribution in [3.05, 3.63) is 29.3 Å². The third-order valence-electron chi connectivity index (χ3n) is 4.21. The molecule has 1 heterocycles. The van der Waals surface area contributed by atoms with Crippen molar-refractivity contribution in [1.29, 1.82) is 0 Å². The molecular formula is C18H29NO2. The van der Waals surface area contributed by atoms with E-state index < -0.39 is 6.10 Å². The van der Waals surface area contributed by atoms with Gasteiger partial charge in [-0.1, -0.05) is 25.3 Å². The van der Waals surface area contributed by atoms with Crippen molar-refractivity contribution >= 4 is 0 Å². The number of aliphatic hydroxyl groups excluding tert-OH is 1. The summed E-state index contributed by atoms with van der Waals surface area (Å²) < 4.78 is 5.76. The molecule has 0 amide bonds. The lowest BCUT2D eigenvalue weighted by atomic mass is 10.0. The maximum atomic E-state index is 9.80. The number of likely N-dealkylation sites (tertiary alicyclic amines) is 1. The monoisotopic (exact) mass is 291 g/mol. The Balaban J connectivity index is 2.12. The zero-order valence-electron chi connectivity index (χ0n) is 13.5. The average molecular weight is 291 g/mol. The van der Waals surface area contributed by atoms with Gasteiger partial charge in [0.1, 0.15) is 5.75 Å². The quantitative estimate of drug-likeness (QED) is 0.893. The number of hydrogen-bond acceptors (Lipinski definition) is 3. The maximum Gasteiger partial charge on any atom is 0.123 e. The first kappa shape index (κ1) is 16.3. The maximum absolute atomic E-state index is 9.80. The normalized spacial score (nSPS) is 18.8. The number of rotatable bonds is 5. The van der Waals surface area contributed by atoms with Crippen LogP contribution in [0.1, 0.15) is 63.2 Å². The second kappa shape index (κ2) is 8.40. The molecule has 1 unspecified atom stereocenters. The lowest BCUT2D eigenvalue weighted by Crippen LogP contribution is -2.27. The molecule has 0 bridgehead atoms. The van der Waals surface area contributed by atoms with Crippen molar-refractivity contribution in [2.24, 2.45) is 0 Å². The van der Waals surface area contributed by atoms with E-state index >= 15 is 0 Å². The highest BCUT2D eigenvalue weighted by atomic mass is 16.5. The first-order valence-corrected chi connectivity index (χ1v) is 8.36. The predicted molar refractivity (Wildman–Crippen MR) is 86.6 cm³/mol. The Hall–Kier alpha value is -1.06. The van der Waals surface area contributed by atoms with Crippen molar-refractivity contribution in [3.8, 4) is 5.75 Å². The molecular weight excluding hydrogens is 262 g/mol. The summed E-state index contributed by atoms with van der Waals surface area (Å²) in [4.78, 5) is 2.53. The molecule has 1 aliphatic heterocycles. The van der Waals surface area contributed by atoms with Gasteiger partial charge in [0.15, 0.2) is 0 Å². The number of aliphatic hydroxyl groups is 1. The van der Waals surface area contributed by atoms with Gasteiger partial charge in [0.2, 0.25) is 0 Å². The van der Waals surface area contributed by atoms with Crippen LogP contribution >= 0.6 is 0 Å². The van der Waals surface area contributed by atoms with Crippen LogP contribution in [0.3, 0.4) is 0 Å². The van der Waals surface area contributed by atoms with Crippen LogP contribution in [0.25, 0.3) is 0 Å². The van der Waals surface area contributed by atoms with Crippen molar-refractivity contribution in [2.75, 3.05) is 19.7 Å². The second-order valence-corrected chi connectivity index (χ2v) is 6.02. The molecule has 1 atom stereocenters. The van der Waals surface area contributed by atoms with Gasteiger partial charge in [-0.3, -0.25) is 4.90 Å². The first-order valence-electron chi connectivity index (χ1n) is 8.36. The van der Waals surface area contributed by atoms with E-state index in [4.69, 9.17) is 4.74 Å². The largest absolute Gasteiger partial charge is 0.494 e. The van der Waals surface area contributed by atoms with Gasteiger partial charge in [-0.05, 0) is 57.5 Å². The van der Waals surface area contributed by atoms with Crippen LogP contribution in [-0.2, 0) is 6.54 Å². The van der Waals surface area contributed by atoms with E-state index in [1.54, 1.807) is 0 Å². The minimum Gasteiger partial charge on any atom is -0.494 e. The van der Waals surface area contributed by atoms with Gasteiger partial charge in [0.05, 0.1) is 12.7 Å². The van der Waals surface area contributed by atoms with Crippen LogP contribution in [0.5, 0.6) is 5.75 Å². The van der Waals surface area contributed by atoms with Crippen LogP contribution < -0.4 is 4.74 Å². The number of nitrogens with zero attached hydrogens (tertiary/aromatic N) is 1. The topological polar surface area (TPSA) is 32.7 Å². The Morgan fingerprint density at radius 2 is 1.81 bits per heavy atom. The van der Waals surface area contributed by atoms with Gasteiger partial charge in [-0.2, -0.15) is 0 Å². The highest BCUT2D eigenvalue weighted by molar-refractivity contribution is 5.38. The van der Waals surface area contributed by atoms with E-state index in [9.17, 15) is 5.11 Å². The predicted octanol–water partition coefficient (Wildman–Crippen LogP) is 3.90. The molecule has 3 heteroatoms. The van der Waals surface area contributed by atoms with Gasteiger partial charge in [-0.15, -0.1) is 0 Å². The Kier molecular flexibility index (Phi) is 6.52. The molecule has 1 fully saturated rings. The Bertz CT molecular complexity index is 423. The third-order valence-corrected chi connectivity index (χ3v) is 4.21. The second-order valence-electron chi connectivity index (χ2n) is 6.02. The van der Waals surface area contributed by atoms with Crippen molar-refractivity contribution < 1.29 is 9.84 Å². The molecule has 1 aromatic rings. The molecule has 1 saturated heterocycles. The highest BCUT2D eigenvalue weighted by Crippen LogP contribution is 2.26. The minimum absolute atomic E-state index is 0.424. The lowest BCUT2D eigenvalue weighted by Gasteiger charge is -2.26. The van der Waals surface area contributed by atoms with E-state index in [1.807, 2.05) is 26.0 Å². The molecule has 21 heavy (non-hydrogen) atoms. The fourth-order valence-electron chi connectivity index (χ4n) is 2.99. The summed E-state index contributed by atoms with van der Waals surface area (Å²) in [6, 6.07) is 6.08. The molecule has 3 nitrogen and oxygen atoms in total. The van der Waals surface area contributed by atoms with E-state index in [0.29, 0.717) is 6.61 Å². The summed E-state index contributed by atoms with van der Waals surface area (Å²) in [5.41, 5.74) is 2.18. The van der Waals surface area contributed by atoms with E-state index in [2.05, 4.69) is 11.0 Å². The van der Waals surface area contributed by atoms with Crippen LogP contribution in [0.4, 0.5) is 0 Å². The zero-order chi connectivity index (χ0) is 15.1. The molecule has 1 aliphatic rings. The molecule has 1 N–H and O–H groups in total. The average Bonchev–Trinajstić information content (AvgIpc) is 2.43. The van der Waals surface area contributed by atoms with E-state index in [0.717, 1.165) is 17.9 Å².